The number of rotatable bonds is 6. The molecule has 2 aromatic heterocycles. The molecular formula is C12H16N4S2. The molecule has 0 aliphatic carbocycles. The monoisotopic (exact) mass is 280 g/mol. The number of hydrogen-bond donors (Lipinski definition) is 1. The van der Waals surface area contributed by atoms with E-state index in [4.69, 9.17) is 0 Å². The van der Waals surface area contributed by atoms with E-state index in [2.05, 4.69) is 33.5 Å². The molecular weight excluding hydrogens is 264 g/mol. The number of nitrogens with one attached hydrogen (secondary N) is 1. The molecule has 0 aliphatic heterocycles. The smallest absolute Gasteiger partial charge is 0.174 e. The van der Waals surface area contributed by atoms with Gasteiger partial charge in [0.2, 0.25) is 0 Å². The molecule has 4 nitrogen and oxygen atoms in total. The van der Waals surface area contributed by atoms with Crippen LogP contribution in [0.2, 0.25) is 0 Å². The SMILES string of the molecule is CCCNc1ccc(CSc2nnc(C)s2)cn1. The maximum atomic E-state index is 4.38. The van der Waals surface area contributed by atoms with Crippen LogP contribution in [-0.4, -0.2) is 21.7 Å². The lowest BCUT2D eigenvalue weighted by atomic mass is 10.3. The zero-order chi connectivity index (χ0) is 12.8. The van der Waals surface area contributed by atoms with Crippen LogP contribution < -0.4 is 5.32 Å². The topological polar surface area (TPSA) is 50.7 Å². The van der Waals surface area contributed by atoms with Crippen LogP contribution in [0.25, 0.3) is 0 Å². The Bertz CT molecular complexity index is 481. The van der Waals surface area contributed by atoms with Crippen LogP contribution in [0.1, 0.15) is 23.9 Å². The molecule has 96 valence electrons. The van der Waals surface area contributed by atoms with Gasteiger partial charge in [0.15, 0.2) is 4.34 Å². The van der Waals surface area contributed by atoms with E-state index in [1.165, 1.54) is 5.56 Å². The Morgan fingerprint density at radius 2 is 2.22 bits per heavy atom. The average molecular weight is 280 g/mol. The van der Waals surface area contributed by atoms with Crippen molar-refractivity contribution < 1.29 is 0 Å². The lowest BCUT2D eigenvalue weighted by Crippen LogP contribution is -2.01. The molecule has 0 saturated heterocycles. The highest BCUT2D eigenvalue weighted by Gasteiger charge is 2.02. The van der Waals surface area contributed by atoms with Crippen molar-refractivity contribution >= 4 is 28.9 Å². The first-order valence-corrected chi connectivity index (χ1v) is 7.70. The summed E-state index contributed by atoms with van der Waals surface area (Å²) in [7, 11) is 0. The second kappa shape index (κ2) is 6.70. The van der Waals surface area contributed by atoms with Gasteiger partial charge in [-0.1, -0.05) is 36.1 Å². The third-order valence-electron chi connectivity index (χ3n) is 2.25. The third kappa shape index (κ3) is 3.96. The van der Waals surface area contributed by atoms with Gasteiger partial charge in [-0.05, 0) is 25.0 Å². The maximum Gasteiger partial charge on any atom is 0.174 e. The molecule has 0 radical (unpaired) electrons. The molecule has 2 heterocycles. The molecule has 0 aliphatic rings. The average Bonchev–Trinajstić information content (AvgIpc) is 2.81. The molecule has 0 aromatic carbocycles. The van der Waals surface area contributed by atoms with Crippen molar-refractivity contribution in [1.29, 1.82) is 0 Å². The molecule has 0 amide bonds. The summed E-state index contributed by atoms with van der Waals surface area (Å²) >= 11 is 3.33. The Morgan fingerprint density at radius 3 is 2.83 bits per heavy atom. The zero-order valence-electron chi connectivity index (χ0n) is 10.5. The fourth-order valence-electron chi connectivity index (χ4n) is 1.35. The summed E-state index contributed by atoms with van der Waals surface area (Å²) < 4.78 is 1.01. The van der Waals surface area contributed by atoms with Gasteiger partial charge >= 0.3 is 0 Å². The minimum atomic E-state index is 0.885. The molecule has 0 spiro atoms. The van der Waals surface area contributed by atoms with Crippen LogP contribution in [0.4, 0.5) is 5.82 Å². The van der Waals surface area contributed by atoms with Crippen molar-refractivity contribution in [2.75, 3.05) is 11.9 Å². The van der Waals surface area contributed by atoms with E-state index in [1.807, 2.05) is 19.2 Å². The molecule has 0 bridgehead atoms. The molecule has 0 unspecified atom stereocenters. The van der Waals surface area contributed by atoms with E-state index < -0.39 is 0 Å². The minimum absolute atomic E-state index is 0.885. The first kappa shape index (κ1) is 13.3. The van der Waals surface area contributed by atoms with Gasteiger partial charge in [0.05, 0.1) is 0 Å². The summed E-state index contributed by atoms with van der Waals surface area (Å²) in [6.07, 6.45) is 3.02. The Hall–Kier alpha value is -1.14. The fourth-order valence-corrected chi connectivity index (χ4v) is 3.10. The number of anilines is 1. The highest BCUT2D eigenvalue weighted by molar-refractivity contribution is 8.00. The van der Waals surface area contributed by atoms with Gasteiger partial charge < -0.3 is 5.32 Å². The number of aryl methyl sites for hydroxylation is 1. The molecule has 2 aromatic rings. The second-order valence-corrected chi connectivity index (χ2v) is 6.26. The van der Waals surface area contributed by atoms with Gasteiger partial charge in [-0.15, -0.1) is 10.2 Å². The van der Waals surface area contributed by atoms with Crippen molar-refractivity contribution in [2.24, 2.45) is 0 Å². The minimum Gasteiger partial charge on any atom is -0.370 e. The lowest BCUT2D eigenvalue weighted by molar-refractivity contribution is 0.968. The van der Waals surface area contributed by atoms with Crippen molar-refractivity contribution in [2.45, 2.75) is 30.4 Å². The van der Waals surface area contributed by atoms with Crippen molar-refractivity contribution in [1.82, 2.24) is 15.2 Å². The molecule has 6 heteroatoms. The highest BCUT2D eigenvalue weighted by atomic mass is 32.2. The van der Waals surface area contributed by atoms with E-state index in [-0.39, 0.29) is 0 Å². The maximum absolute atomic E-state index is 4.38. The van der Waals surface area contributed by atoms with E-state index in [1.54, 1.807) is 23.1 Å². The van der Waals surface area contributed by atoms with Gasteiger partial charge in [0.1, 0.15) is 10.8 Å². The van der Waals surface area contributed by atoms with Crippen LogP contribution in [0.5, 0.6) is 0 Å². The van der Waals surface area contributed by atoms with E-state index in [9.17, 15) is 0 Å². The summed E-state index contributed by atoms with van der Waals surface area (Å²) in [4.78, 5) is 4.38. The molecule has 2 rings (SSSR count). The number of thioether (sulfide) groups is 1. The Balaban J connectivity index is 1.86. The summed E-state index contributed by atoms with van der Waals surface area (Å²) in [5, 5.41) is 12.4. The normalized spacial score (nSPS) is 10.6. The van der Waals surface area contributed by atoms with E-state index >= 15 is 0 Å². The quantitative estimate of drug-likeness (QED) is 0.822. The van der Waals surface area contributed by atoms with Crippen LogP contribution in [-0.2, 0) is 5.75 Å². The third-order valence-corrected chi connectivity index (χ3v) is 4.29. The number of hydrogen-bond acceptors (Lipinski definition) is 6. The summed E-state index contributed by atoms with van der Waals surface area (Å²) in [6, 6.07) is 4.13. The number of nitrogens with zero attached hydrogens (tertiary/aromatic N) is 3. The van der Waals surface area contributed by atoms with E-state index in [0.717, 1.165) is 33.9 Å². The highest BCUT2D eigenvalue weighted by Crippen LogP contribution is 2.25. The molecule has 0 fully saturated rings. The standard InChI is InChI=1S/C12H16N4S2/c1-3-6-13-11-5-4-10(7-14-11)8-17-12-16-15-9(2)18-12/h4-5,7H,3,6,8H2,1-2H3,(H,13,14). The van der Waals surface area contributed by atoms with Crippen LogP contribution >= 0.6 is 23.1 Å². The zero-order valence-corrected chi connectivity index (χ0v) is 12.1. The Morgan fingerprint density at radius 1 is 1.33 bits per heavy atom. The van der Waals surface area contributed by atoms with E-state index in [0.29, 0.717) is 0 Å². The summed E-state index contributed by atoms with van der Waals surface area (Å²) in [6.45, 7) is 5.07. The van der Waals surface area contributed by atoms with Crippen LogP contribution in [0.3, 0.4) is 0 Å². The fraction of sp³-hybridized carbons (Fsp3) is 0.417. The molecule has 0 saturated carbocycles. The van der Waals surface area contributed by atoms with Gasteiger partial charge in [0, 0.05) is 18.5 Å². The van der Waals surface area contributed by atoms with Crippen molar-refractivity contribution in [3.8, 4) is 0 Å². The number of pyridine rings is 1. The molecule has 1 N–H and O–H groups in total. The van der Waals surface area contributed by atoms with Crippen LogP contribution in [0.15, 0.2) is 22.7 Å². The summed E-state index contributed by atoms with van der Waals surface area (Å²) in [5.74, 6) is 1.83. The van der Waals surface area contributed by atoms with Gasteiger partial charge in [-0.3, -0.25) is 0 Å². The molecule has 0 atom stereocenters. The largest absolute Gasteiger partial charge is 0.370 e. The van der Waals surface area contributed by atoms with Crippen molar-refractivity contribution in [3.63, 3.8) is 0 Å². The first-order valence-electron chi connectivity index (χ1n) is 5.89. The van der Waals surface area contributed by atoms with Gasteiger partial charge in [-0.2, -0.15) is 0 Å². The Kier molecular flexibility index (Phi) is 4.95. The second-order valence-electron chi connectivity index (χ2n) is 3.85. The summed E-state index contributed by atoms with van der Waals surface area (Å²) in [5.41, 5.74) is 1.20. The first-order chi connectivity index (χ1) is 8.78. The predicted molar refractivity (Wildman–Crippen MR) is 77.2 cm³/mol. The number of aromatic nitrogens is 3. The van der Waals surface area contributed by atoms with Crippen molar-refractivity contribution in [3.05, 3.63) is 28.9 Å². The predicted octanol–water partition coefficient (Wildman–Crippen LogP) is 3.36. The Labute approximate surface area is 115 Å². The lowest BCUT2D eigenvalue weighted by Gasteiger charge is -2.04. The van der Waals surface area contributed by atoms with Gasteiger partial charge in [-0.25, -0.2) is 4.98 Å². The van der Waals surface area contributed by atoms with Crippen LogP contribution in [0, 0.1) is 6.92 Å². The molecule has 18 heavy (non-hydrogen) atoms. The van der Waals surface area contributed by atoms with Gasteiger partial charge in [0.25, 0.3) is 0 Å².